The van der Waals surface area contributed by atoms with E-state index in [4.69, 9.17) is 23.7 Å². The summed E-state index contributed by atoms with van der Waals surface area (Å²) in [6.45, 7) is 5.13. The van der Waals surface area contributed by atoms with Gasteiger partial charge in [-0.1, -0.05) is 0 Å². The van der Waals surface area contributed by atoms with Crippen LogP contribution in [0.2, 0.25) is 0 Å². The largest absolute Gasteiger partial charge is 0.508 e. The number of carbonyl (C=O) groups is 3. The first-order chi connectivity index (χ1) is 23.4. The minimum atomic E-state index is -2.69. The molecule has 4 aliphatic rings. The van der Waals surface area contributed by atoms with Gasteiger partial charge in [-0.15, -0.1) is 0 Å². The molecule has 0 unspecified atom stereocenters. The van der Waals surface area contributed by atoms with Crippen LogP contribution in [0.4, 0.5) is 0 Å². The van der Waals surface area contributed by atoms with Crippen LogP contribution in [0.25, 0.3) is 10.8 Å². The molecule has 0 bridgehead atoms. The van der Waals surface area contributed by atoms with Gasteiger partial charge in [0.25, 0.3) is 0 Å². The first-order valence-corrected chi connectivity index (χ1v) is 16.1. The average molecular weight is 705 g/mol. The second kappa shape index (κ2) is 12.5. The van der Waals surface area contributed by atoms with Crippen LogP contribution in [0.15, 0.2) is 23.5 Å². The van der Waals surface area contributed by atoms with Crippen LogP contribution in [0, 0.1) is 12.8 Å². The summed E-state index contributed by atoms with van der Waals surface area (Å²) in [5.41, 5.74) is -3.70. The molecule has 0 amide bonds. The number of hydrogen-bond donors (Lipinski definition) is 8. The van der Waals surface area contributed by atoms with Crippen molar-refractivity contribution in [2.75, 3.05) is 7.11 Å². The van der Waals surface area contributed by atoms with Gasteiger partial charge in [-0.3, -0.25) is 14.4 Å². The Morgan fingerprint density at radius 3 is 2.28 bits per heavy atom. The minimum absolute atomic E-state index is 0.00894. The number of carbonyl (C=O) groups excluding carboxylic acids is 3. The number of Topliss-reactive ketones (excluding diaryl/α,β-unsaturated/α-hetero) is 3. The molecule has 6 rings (SSSR count). The van der Waals surface area contributed by atoms with E-state index in [9.17, 15) is 55.2 Å². The predicted molar refractivity (Wildman–Crippen MR) is 167 cm³/mol. The molecule has 2 aromatic rings. The molecule has 16 heteroatoms. The monoisotopic (exact) mass is 704 g/mol. The van der Waals surface area contributed by atoms with Crippen LogP contribution in [-0.4, -0.2) is 126 Å². The van der Waals surface area contributed by atoms with E-state index in [1.807, 2.05) is 0 Å². The highest BCUT2D eigenvalue weighted by Gasteiger charge is 2.65. The third-order valence-corrected chi connectivity index (χ3v) is 10.4. The molecule has 10 atom stereocenters. The predicted octanol–water partition coefficient (Wildman–Crippen LogP) is 0.432. The number of phenols is 3. The third kappa shape index (κ3) is 5.29. The van der Waals surface area contributed by atoms with Gasteiger partial charge in [-0.05, 0) is 57.2 Å². The standard InChI is InChI=1S/C34H40O16/c1-11-18(36)8-16-6-15-7-17-30(46-5)29(41)23(12(2)35)31(42)33(17,32(43)25(15)28(40)24(16)26(11)38)50-22-10-20(34(44,45)14(4)48-22)49-21-9-19(37)27(39)13(3)47-21/h6,8,13-14,17,19-22,27,30,36-40,42,44-45H,7,9-10H2,1-5H3/t13-,14-,17+,19-,20+,21+,22+,27-,30+,33-/m1/s1. The summed E-state index contributed by atoms with van der Waals surface area (Å²) in [4.78, 5) is 41.3. The Kier molecular flexibility index (Phi) is 9.03. The molecule has 0 saturated carbocycles. The van der Waals surface area contributed by atoms with Crippen molar-refractivity contribution >= 4 is 28.1 Å². The summed E-state index contributed by atoms with van der Waals surface area (Å²) in [5, 5.41) is 87.0. The van der Waals surface area contributed by atoms with Gasteiger partial charge in [-0.25, -0.2) is 0 Å². The van der Waals surface area contributed by atoms with Crippen molar-refractivity contribution in [1.82, 2.24) is 0 Å². The number of aliphatic hydroxyl groups is 5. The molecule has 272 valence electrons. The molecule has 0 aromatic heterocycles. The Bertz CT molecular complexity index is 1790. The summed E-state index contributed by atoms with van der Waals surface area (Å²) >= 11 is 0. The van der Waals surface area contributed by atoms with Gasteiger partial charge < -0.3 is 64.5 Å². The minimum Gasteiger partial charge on any atom is -0.508 e. The van der Waals surface area contributed by atoms with Crippen molar-refractivity contribution < 1.29 is 78.9 Å². The zero-order chi connectivity index (χ0) is 36.8. The molecule has 50 heavy (non-hydrogen) atoms. The SMILES string of the molecule is CO[C@@H]1C(=O)C(C(C)=O)=C(O)[C@@]2(O[C@H]3C[C@H](O[C@H]4C[C@@H](O)[C@H](O)[C@@H](C)O4)C(O)(O)[C@@H](C)O3)C(=O)c3c(cc4cc(O)c(C)c(O)c4c3O)C[C@@H]12. The molecule has 2 aromatic carbocycles. The zero-order valence-electron chi connectivity index (χ0n) is 27.8. The summed E-state index contributed by atoms with van der Waals surface area (Å²) in [6, 6.07) is 2.71. The maximum atomic E-state index is 14.9. The van der Waals surface area contributed by atoms with Gasteiger partial charge in [0.05, 0.1) is 23.2 Å². The molecule has 0 radical (unpaired) electrons. The summed E-state index contributed by atoms with van der Waals surface area (Å²) in [5.74, 6) is -9.66. The lowest BCUT2D eigenvalue weighted by molar-refractivity contribution is -0.388. The van der Waals surface area contributed by atoms with Crippen molar-refractivity contribution in [3.05, 3.63) is 40.2 Å². The van der Waals surface area contributed by atoms with E-state index in [2.05, 4.69) is 0 Å². The summed E-state index contributed by atoms with van der Waals surface area (Å²) in [6.07, 6.45) is -11.9. The number of methoxy groups -OCH3 is 1. The number of ether oxygens (including phenoxy) is 5. The quantitative estimate of drug-likeness (QED) is 0.150. The molecule has 2 aliphatic heterocycles. The summed E-state index contributed by atoms with van der Waals surface area (Å²) < 4.78 is 29.1. The van der Waals surface area contributed by atoms with Crippen LogP contribution < -0.4 is 0 Å². The lowest BCUT2D eigenvalue weighted by Gasteiger charge is -2.51. The second-order valence-corrected chi connectivity index (χ2v) is 13.4. The Labute approximate surface area is 285 Å². The van der Waals surface area contributed by atoms with E-state index in [1.165, 1.54) is 32.9 Å². The number of phenolic OH excluding ortho intramolecular Hbond substituents is 3. The number of aliphatic hydroxyl groups excluding tert-OH is 3. The van der Waals surface area contributed by atoms with Gasteiger partial charge >= 0.3 is 0 Å². The molecular formula is C34H40O16. The van der Waals surface area contributed by atoms with Crippen LogP contribution in [0.5, 0.6) is 17.2 Å². The fourth-order valence-electron chi connectivity index (χ4n) is 7.59. The number of aromatic hydroxyl groups is 3. The van der Waals surface area contributed by atoms with Crippen LogP contribution >= 0.6 is 0 Å². The van der Waals surface area contributed by atoms with E-state index < -0.39 is 119 Å². The molecule has 2 fully saturated rings. The number of benzene rings is 2. The van der Waals surface area contributed by atoms with Gasteiger partial charge in [0.2, 0.25) is 11.6 Å². The Balaban J connectivity index is 1.48. The maximum Gasteiger partial charge on any atom is 0.217 e. The highest BCUT2D eigenvalue weighted by Crippen LogP contribution is 2.53. The van der Waals surface area contributed by atoms with E-state index in [1.54, 1.807) is 0 Å². The van der Waals surface area contributed by atoms with Gasteiger partial charge in [0, 0.05) is 31.4 Å². The topological polar surface area (TPSA) is 259 Å². The first kappa shape index (κ1) is 36.1. The fraction of sp³-hybridized carbons (Fsp3) is 0.559. The van der Waals surface area contributed by atoms with E-state index in [0.29, 0.717) is 0 Å². The van der Waals surface area contributed by atoms with Crippen molar-refractivity contribution in [3.8, 4) is 17.2 Å². The molecule has 2 aliphatic carbocycles. The molecule has 0 spiro atoms. The van der Waals surface area contributed by atoms with Gasteiger partial charge in [-0.2, -0.15) is 0 Å². The number of hydrogen-bond acceptors (Lipinski definition) is 16. The van der Waals surface area contributed by atoms with E-state index >= 15 is 0 Å². The lowest BCUT2D eigenvalue weighted by atomic mass is 9.62. The van der Waals surface area contributed by atoms with Crippen molar-refractivity contribution in [2.45, 2.75) is 108 Å². The van der Waals surface area contributed by atoms with Crippen LogP contribution in [0.3, 0.4) is 0 Å². The van der Waals surface area contributed by atoms with Crippen molar-refractivity contribution in [3.63, 3.8) is 0 Å². The molecule has 2 heterocycles. The number of rotatable bonds is 6. The second-order valence-electron chi connectivity index (χ2n) is 13.4. The average Bonchev–Trinajstić information content (AvgIpc) is 3.02. The van der Waals surface area contributed by atoms with Crippen LogP contribution in [-0.2, 0) is 39.7 Å². The van der Waals surface area contributed by atoms with Crippen molar-refractivity contribution in [2.24, 2.45) is 5.92 Å². The molecular weight excluding hydrogens is 664 g/mol. The number of fused-ring (bicyclic) bond motifs is 3. The van der Waals surface area contributed by atoms with Crippen molar-refractivity contribution in [1.29, 1.82) is 0 Å². The first-order valence-electron chi connectivity index (χ1n) is 16.1. The highest BCUT2D eigenvalue weighted by atomic mass is 16.7. The Hall–Kier alpha value is -3.71. The fourth-order valence-corrected chi connectivity index (χ4v) is 7.59. The Morgan fingerprint density at radius 1 is 0.980 bits per heavy atom. The third-order valence-electron chi connectivity index (χ3n) is 10.4. The Morgan fingerprint density at radius 2 is 1.66 bits per heavy atom. The molecule has 16 nitrogen and oxygen atoms in total. The lowest BCUT2D eigenvalue weighted by Crippen LogP contribution is -2.66. The smallest absolute Gasteiger partial charge is 0.217 e. The number of ketones is 3. The highest BCUT2D eigenvalue weighted by molar-refractivity contribution is 6.25. The summed E-state index contributed by atoms with van der Waals surface area (Å²) in [7, 11) is 1.16. The molecule has 8 N–H and O–H groups in total. The maximum absolute atomic E-state index is 14.9. The van der Waals surface area contributed by atoms with E-state index in [0.717, 1.165) is 14.0 Å². The van der Waals surface area contributed by atoms with Gasteiger partial charge in [0.15, 0.2) is 29.7 Å². The van der Waals surface area contributed by atoms with E-state index in [-0.39, 0.29) is 40.5 Å². The van der Waals surface area contributed by atoms with Gasteiger partial charge in [0.1, 0.15) is 53.0 Å². The zero-order valence-corrected chi connectivity index (χ0v) is 27.8. The normalized spacial score (nSPS) is 35.6. The molecule has 2 saturated heterocycles. The van der Waals surface area contributed by atoms with Crippen LogP contribution in [0.1, 0.15) is 55.1 Å².